The fourth-order valence-electron chi connectivity index (χ4n) is 1.55. The van der Waals surface area contributed by atoms with Crippen LogP contribution in [0.15, 0.2) is 18.3 Å². The van der Waals surface area contributed by atoms with Gasteiger partial charge in [0.25, 0.3) is 0 Å². The third-order valence-corrected chi connectivity index (χ3v) is 2.31. The number of halogens is 1. The molecule has 0 spiro atoms. The van der Waals surface area contributed by atoms with Crippen molar-refractivity contribution in [3.63, 3.8) is 0 Å². The predicted octanol–water partition coefficient (Wildman–Crippen LogP) is 1.96. The topological polar surface area (TPSA) is 43.6 Å². The van der Waals surface area contributed by atoms with Gasteiger partial charge in [0.05, 0.1) is 12.3 Å². The van der Waals surface area contributed by atoms with Crippen molar-refractivity contribution in [2.24, 2.45) is 0 Å². The monoisotopic (exact) mass is 222 g/mol. The van der Waals surface area contributed by atoms with Gasteiger partial charge in [-0.3, -0.25) is 0 Å². The lowest BCUT2D eigenvalue weighted by Crippen LogP contribution is -2.06. The first-order valence-corrected chi connectivity index (χ1v) is 4.95. The largest absolute Gasteiger partial charge is 0.461 e. The lowest BCUT2D eigenvalue weighted by molar-refractivity contribution is 0.0519. The molecule has 16 heavy (non-hydrogen) atoms. The molecule has 0 bridgehead atoms. The number of esters is 1. The molecule has 2 heterocycles. The number of ether oxygens (including phenoxy) is 1. The molecule has 0 unspecified atom stereocenters. The van der Waals surface area contributed by atoms with Gasteiger partial charge in [-0.05, 0) is 26.0 Å². The molecule has 0 radical (unpaired) electrons. The van der Waals surface area contributed by atoms with Gasteiger partial charge in [0.2, 0.25) is 0 Å². The van der Waals surface area contributed by atoms with E-state index in [1.807, 2.05) is 0 Å². The van der Waals surface area contributed by atoms with Crippen LogP contribution < -0.4 is 0 Å². The van der Waals surface area contributed by atoms with Gasteiger partial charge in [-0.25, -0.2) is 14.2 Å². The van der Waals surface area contributed by atoms with Gasteiger partial charge in [-0.2, -0.15) is 0 Å². The van der Waals surface area contributed by atoms with Crippen LogP contribution in [0.3, 0.4) is 0 Å². The van der Waals surface area contributed by atoms with E-state index in [4.69, 9.17) is 4.74 Å². The summed E-state index contributed by atoms with van der Waals surface area (Å²) in [4.78, 5) is 15.5. The van der Waals surface area contributed by atoms with Crippen LogP contribution in [0, 0.1) is 12.7 Å². The maximum atomic E-state index is 13.4. The first-order valence-electron chi connectivity index (χ1n) is 4.95. The summed E-state index contributed by atoms with van der Waals surface area (Å²) in [6.07, 6.45) is 1.66. The molecular weight excluding hydrogens is 211 g/mol. The molecule has 5 heteroatoms. The highest BCUT2D eigenvalue weighted by atomic mass is 19.1. The number of hydrogen-bond donors (Lipinski definition) is 0. The molecular formula is C11H11FN2O2. The fourth-order valence-corrected chi connectivity index (χ4v) is 1.55. The van der Waals surface area contributed by atoms with Gasteiger partial charge in [0, 0.05) is 6.20 Å². The molecule has 0 N–H and O–H groups in total. The van der Waals surface area contributed by atoms with E-state index in [1.165, 1.54) is 10.5 Å². The summed E-state index contributed by atoms with van der Waals surface area (Å²) in [5, 5.41) is 0. The second-order valence-electron chi connectivity index (χ2n) is 3.32. The van der Waals surface area contributed by atoms with Crippen molar-refractivity contribution in [3.8, 4) is 0 Å². The maximum Gasteiger partial charge on any atom is 0.358 e. The second-order valence-corrected chi connectivity index (χ2v) is 3.32. The van der Waals surface area contributed by atoms with Gasteiger partial charge in [0.1, 0.15) is 0 Å². The molecule has 84 valence electrons. The number of nitrogens with zero attached hydrogens (tertiary/aromatic N) is 2. The first kappa shape index (κ1) is 10.6. The molecule has 0 amide bonds. The van der Waals surface area contributed by atoms with Gasteiger partial charge in [-0.1, -0.05) is 0 Å². The minimum Gasteiger partial charge on any atom is -0.461 e. The summed E-state index contributed by atoms with van der Waals surface area (Å²) >= 11 is 0. The molecule has 4 nitrogen and oxygen atoms in total. The Balaban J connectivity index is 2.60. The third kappa shape index (κ3) is 1.54. The molecule has 2 rings (SSSR count). The van der Waals surface area contributed by atoms with E-state index in [-0.39, 0.29) is 17.9 Å². The Labute approximate surface area is 91.7 Å². The molecule has 0 aromatic carbocycles. The summed E-state index contributed by atoms with van der Waals surface area (Å²) in [6, 6.07) is 2.86. The number of fused-ring (bicyclic) bond motifs is 1. The molecule has 2 aromatic heterocycles. The van der Waals surface area contributed by atoms with Crippen LogP contribution in [-0.2, 0) is 4.74 Å². The van der Waals surface area contributed by atoms with Gasteiger partial charge in [-0.15, -0.1) is 0 Å². The normalized spacial score (nSPS) is 10.7. The van der Waals surface area contributed by atoms with Crippen molar-refractivity contribution in [1.29, 1.82) is 0 Å². The van der Waals surface area contributed by atoms with E-state index >= 15 is 0 Å². The van der Waals surface area contributed by atoms with E-state index in [0.717, 1.165) is 0 Å². The molecule has 0 saturated carbocycles. The number of aryl methyl sites for hydroxylation is 1. The van der Waals surface area contributed by atoms with Crippen molar-refractivity contribution in [2.45, 2.75) is 13.8 Å². The van der Waals surface area contributed by atoms with Gasteiger partial charge < -0.3 is 9.14 Å². The molecule has 0 aliphatic heterocycles. The van der Waals surface area contributed by atoms with Crippen molar-refractivity contribution in [3.05, 3.63) is 35.5 Å². The quantitative estimate of drug-likeness (QED) is 0.729. The van der Waals surface area contributed by atoms with Crippen LogP contribution in [0.4, 0.5) is 4.39 Å². The predicted molar refractivity (Wildman–Crippen MR) is 55.8 cm³/mol. The standard InChI is InChI=1S/C11H11FN2O2/c1-3-16-11(15)9-7(2)14-6-4-5-8(12)10(14)13-9/h4-6H,3H2,1-2H3. The molecule has 2 aromatic rings. The minimum atomic E-state index is -0.525. The Bertz CT molecular complexity index is 548. The van der Waals surface area contributed by atoms with Crippen LogP contribution >= 0.6 is 0 Å². The van der Waals surface area contributed by atoms with Crippen molar-refractivity contribution in [2.75, 3.05) is 6.61 Å². The van der Waals surface area contributed by atoms with Crippen LogP contribution in [0.1, 0.15) is 23.1 Å². The van der Waals surface area contributed by atoms with Gasteiger partial charge in [0.15, 0.2) is 17.2 Å². The highest BCUT2D eigenvalue weighted by Crippen LogP contribution is 2.15. The number of carbonyl (C=O) groups excluding carboxylic acids is 1. The van der Waals surface area contributed by atoms with Crippen molar-refractivity contribution in [1.82, 2.24) is 9.38 Å². The van der Waals surface area contributed by atoms with Crippen LogP contribution in [-0.4, -0.2) is 22.0 Å². The van der Waals surface area contributed by atoms with Crippen LogP contribution in [0.2, 0.25) is 0 Å². The second kappa shape index (κ2) is 3.92. The number of carbonyl (C=O) groups is 1. The fraction of sp³-hybridized carbons (Fsp3) is 0.273. The average Bonchev–Trinajstić information content (AvgIpc) is 2.59. The Hall–Kier alpha value is -1.91. The average molecular weight is 222 g/mol. The minimum absolute atomic E-state index is 0.142. The Kier molecular flexibility index (Phi) is 2.60. The molecule has 0 aliphatic rings. The summed E-state index contributed by atoms with van der Waals surface area (Å²) in [5.41, 5.74) is 0.878. The molecule has 0 fully saturated rings. The Morgan fingerprint density at radius 1 is 1.62 bits per heavy atom. The summed E-state index contributed by atoms with van der Waals surface area (Å²) in [5.74, 6) is -0.982. The van der Waals surface area contributed by atoms with E-state index < -0.39 is 11.8 Å². The summed E-state index contributed by atoms with van der Waals surface area (Å²) in [6.45, 7) is 3.68. The number of pyridine rings is 1. The molecule has 0 aliphatic carbocycles. The summed E-state index contributed by atoms with van der Waals surface area (Å²) < 4.78 is 19.8. The highest BCUT2D eigenvalue weighted by Gasteiger charge is 2.18. The number of aromatic nitrogens is 2. The molecule has 0 atom stereocenters. The number of imidazole rings is 1. The number of rotatable bonds is 2. The zero-order chi connectivity index (χ0) is 11.7. The van der Waals surface area contributed by atoms with Crippen molar-refractivity contribution >= 4 is 11.6 Å². The lowest BCUT2D eigenvalue weighted by atomic mass is 10.3. The highest BCUT2D eigenvalue weighted by molar-refractivity contribution is 5.89. The maximum absolute atomic E-state index is 13.4. The summed E-state index contributed by atoms with van der Waals surface area (Å²) in [7, 11) is 0. The number of hydrogen-bond acceptors (Lipinski definition) is 3. The molecule has 0 saturated heterocycles. The van der Waals surface area contributed by atoms with E-state index in [1.54, 1.807) is 26.1 Å². The smallest absolute Gasteiger partial charge is 0.358 e. The lowest BCUT2D eigenvalue weighted by Gasteiger charge is -1.98. The Morgan fingerprint density at radius 2 is 2.38 bits per heavy atom. The van der Waals surface area contributed by atoms with E-state index in [9.17, 15) is 9.18 Å². The first-order chi connectivity index (χ1) is 7.65. The third-order valence-electron chi connectivity index (χ3n) is 2.31. The zero-order valence-electron chi connectivity index (χ0n) is 9.03. The SMILES string of the molecule is CCOC(=O)c1nc2c(F)cccn2c1C. The van der Waals surface area contributed by atoms with E-state index in [2.05, 4.69) is 4.98 Å². The Morgan fingerprint density at radius 3 is 3.00 bits per heavy atom. The zero-order valence-corrected chi connectivity index (χ0v) is 9.03. The van der Waals surface area contributed by atoms with Crippen LogP contribution in [0.25, 0.3) is 5.65 Å². The van der Waals surface area contributed by atoms with Gasteiger partial charge >= 0.3 is 5.97 Å². The van der Waals surface area contributed by atoms with Crippen LogP contribution in [0.5, 0.6) is 0 Å². The van der Waals surface area contributed by atoms with Crippen molar-refractivity contribution < 1.29 is 13.9 Å². The van der Waals surface area contributed by atoms with E-state index in [0.29, 0.717) is 5.69 Å².